The Morgan fingerprint density at radius 1 is 1.44 bits per heavy atom. The lowest BCUT2D eigenvalue weighted by atomic mass is 9.93. The molecule has 134 valence electrons. The largest absolute Gasteiger partial charge is 0.483 e. The number of rotatable bonds is 5. The summed E-state index contributed by atoms with van der Waals surface area (Å²) in [6.07, 6.45) is 3.26. The molecule has 2 aromatic rings. The lowest BCUT2D eigenvalue weighted by Gasteiger charge is -2.15. The number of hydrogen-bond donors (Lipinski definition) is 1. The van der Waals surface area contributed by atoms with Crippen molar-refractivity contribution in [2.24, 2.45) is 5.92 Å². The third kappa shape index (κ3) is 4.40. The molecule has 0 radical (unpaired) electrons. The maximum Gasteiger partial charge on any atom is 0.264 e. The van der Waals surface area contributed by atoms with Gasteiger partial charge >= 0.3 is 0 Å². The van der Waals surface area contributed by atoms with Gasteiger partial charge in [0.25, 0.3) is 5.91 Å². The molecule has 1 atom stereocenters. The number of carbonyl (C=O) groups is 1. The molecule has 0 saturated carbocycles. The standard InChI is InChI=1S/C20H26N2O2S/c1-12(2)15-7-5-13(3)9-17(15)24-11-19(23)22-20-21-16-8-6-14(4)10-18(16)25-20/h5,7,9,12,14H,6,8,10-11H2,1-4H3,(H,21,22,23). The second kappa shape index (κ2) is 7.56. The van der Waals surface area contributed by atoms with E-state index in [-0.39, 0.29) is 12.5 Å². The Hall–Kier alpha value is -1.88. The van der Waals surface area contributed by atoms with E-state index in [1.165, 1.54) is 11.3 Å². The summed E-state index contributed by atoms with van der Waals surface area (Å²) < 4.78 is 5.80. The molecule has 1 unspecified atom stereocenters. The fourth-order valence-corrected chi connectivity index (χ4v) is 4.32. The molecule has 1 aliphatic carbocycles. The van der Waals surface area contributed by atoms with E-state index < -0.39 is 0 Å². The van der Waals surface area contributed by atoms with Crippen LogP contribution in [0.4, 0.5) is 5.13 Å². The van der Waals surface area contributed by atoms with E-state index in [1.54, 1.807) is 11.3 Å². The Balaban J connectivity index is 1.61. The Labute approximate surface area is 153 Å². The molecule has 25 heavy (non-hydrogen) atoms. The number of amides is 1. The lowest BCUT2D eigenvalue weighted by Crippen LogP contribution is -2.20. The van der Waals surface area contributed by atoms with Crippen LogP contribution in [0.5, 0.6) is 5.75 Å². The van der Waals surface area contributed by atoms with E-state index in [9.17, 15) is 4.79 Å². The molecule has 1 aliphatic rings. The molecule has 5 heteroatoms. The fraction of sp³-hybridized carbons (Fsp3) is 0.500. The van der Waals surface area contributed by atoms with Crippen LogP contribution in [0, 0.1) is 12.8 Å². The SMILES string of the molecule is Cc1ccc(C(C)C)c(OCC(=O)Nc2nc3c(s2)CC(C)CC3)c1. The molecule has 3 rings (SSSR count). The summed E-state index contributed by atoms with van der Waals surface area (Å²) in [4.78, 5) is 18.1. The molecule has 1 aromatic heterocycles. The van der Waals surface area contributed by atoms with Crippen molar-refractivity contribution in [1.82, 2.24) is 4.98 Å². The summed E-state index contributed by atoms with van der Waals surface area (Å²) >= 11 is 1.60. The first-order valence-electron chi connectivity index (χ1n) is 8.94. The third-order valence-electron chi connectivity index (χ3n) is 4.58. The number of carbonyl (C=O) groups excluding carboxylic acids is 1. The van der Waals surface area contributed by atoms with Crippen LogP contribution in [0.15, 0.2) is 18.2 Å². The van der Waals surface area contributed by atoms with Crippen molar-refractivity contribution in [2.45, 2.75) is 52.9 Å². The van der Waals surface area contributed by atoms with E-state index in [2.05, 4.69) is 43.2 Å². The number of ether oxygens (including phenoxy) is 1. The van der Waals surface area contributed by atoms with E-state index >= 15 is 0 Å². The van der Waals surface area contributed by atoms with Crippen LogP contribution in [0.25, 0.3) is 0 Å². The van der Waals surface area contributed by atoms with Gasteiger partial charge in [0.1, 0.15) is 5.75 Å². The van der Waals surface area contributed by atoms with Gasteiger partial charge in [0, 0.05) is 4.88 Å². The minimum Gasteiger partial charge on any atom is -0.483 e. The lowest BCUT2D eigenvalue weighted by molar-refractivity contribution is -0.118. The summed E-state index contributed by atoms with van der Waals surface area (Å²) in [5, 5.41) is 3.59. The van der Waals surface area contributed by atoms with E-state index in [4.69, 9.17) is 4.74 Å². The van der Waals surface area contributed by atoms with Crippen LogP contribution in [-0.2, 0) is 17.6 Å². The second-order valence-electron chi connectivity index (χ2n) is 7.27. The highest BCUT2D eigenvalue weighted by atomic mass is 32.1. The number of thiazole rings is 1. The molecule has 0 spiro atoms. The number of aromatic nitrogens is 1. The summed E-state index contributed by atoms with van der Waals surface area (Å²) in [7, 11) is 0. The average molecular weight is 359 g/mol. The highest BCUT2D eigenvalue weighted by Crippen LogP contribution is 2.32. The number of hydrogen-bond acceptors (Lipinski definition) is 4. The van der Waals surface area contributed by atoms with Gasteiger partial charge in [-0.3, -0.25) is 10.1 Å². The van der Waals surface area contributed by atoms with Gasteiger partial charge in [-0.25, -0.2) is 4.98 Å². The fourth-order valence-electron chi connectivity index (χ4n) is 3.14. The molecule has 0 aliphatic heterocycles. The number of nitrogens with zero attached hydrogens (tertiary/aromatic N) is 1. The summed E-state index contributed by atoms with van der Waals surface area (Å²) in [6.45, 7) is 8.54. The average Bonchev–Trinajstić information content (AvgIpc) is 2.93. The van der Waals surface area contributed by atoms with Crippen LogP contribution >= 0.6 is 11.3 Å². The Bertz CT molecular complexity index is 767. The zero-order valence-electron chi connectivity index (χ0n) is 15.4. The number of benzene rings is 1. The van der Waals surface area contributed by atoms with Gasteiger partial charge < -0.3 is 4.74 Å². The van der Waals surface area contributed by atoms with Crippen LogP contribution in [0.1, 0.15) is 54.8 Å². The topological polar surface area (TPSA) is 51.2 Å². The first-order valence-corrected chi connectivity index (χ1v) is 9.75. The molecule has 1 heterocycles. The molecule has 0 fully saturated rings. The first-order chi connectivity index (χ1) is 11.9. The third-order valence-corrected chi connectivity index (χ3v) is 5.62. The Kier molecular flexibility index (Phi) is 5.42. The molecular formula is C20H26N2O2S. The highest BCUT2D eigenvalue weighted by molar-refractivity contribution is 7.15. The summed E-state index contributed by atoms with van der Waals surface area (Å²) in [5.41, 5.74) is 3.40. The Morgan fingerprint density at radius 3 is 3.00 bits per heavy atom. The van der Waals surface area contributed by atoms with Crippen LogP contribution in [0.2, 0.25) is 0 Å². The number of anilines is 1. The van der Waals surface area contributed by atoms with E-state index in [0.29, 0.717) is 17.0 Å². The smallest absolute Gasteiger partial charge is 0.264 e. The predicted molar refractivity (Wildman–Crippen MR) is 103 cm³/mol. The maximum atomic E-state index is 12.3. The van der Waals surface area contributed by atoms with Crippen molar-refractivity contribution in [3.05, 3.63) is 39.9 Å². The first kappa shape index (κ1) is 17.9. The zero-order valence-corrected chi connectivity index (χ0v) is 16.2. The van der Waals surface area contributed by atoms with Gasteiger partial charge in [-0.15, -0.1) is 11.3 Å². The molecule has 4 nitrogen and oxygen atoms in total. The Morgan fingerprint density at radius 2 is 2.24 bits per heavy atom. The monoisotopic (exact) mass is 358 g/mol. The molecular weight excluding hydrogens is 332 g/mol. The molecule has 1 amide bonds. The quantitative estimate of drug-likeness (QED) is 0.841. The van der Waals surface area contributed by atoms with E-state index in [1.807, 2.05) is 13.0 Å². The van der Waals surface area contributed by atoms with Gasteiger partial charge in [0.2, 0.25) is 0 Å². The second-order valence-corrected chi connectivity index (χ2v) is 8.35. The van der Waals surface area contributed by atoms with Crippen molar-refractivity contribution in [1.29, 1.82) is 0 Å². The summed E-state index contributed by atoms with van der Waals surface area (Å²) in [5.74, 6) is 1.69. The van der Waals surface area contributed by atoms with Crippen LogP contribution < -0.4 is 10.1 Å². The molecule has 0 saturated heterocycles. The number of fused-ring (bicyclic) bond motifs is 1. The van der Waals surface area contributed by atoms with Crippen molar-refractivity contribution < 1.29 is 9.53 Å². The van der Waals surface area contributed by atoms with Crippen LogP contribution in [0.3, 0.4) is 0 Å². The number of nitrogens with one attached hydrogen (secondary N) is 1. The minimum absolute atomic E-state index is 0.00379. The van der Waals surface area contributed by atoms with Crippen molar-refractivity contribution >= 4 is 22.4 Å². The highest BCUT2D eigenvalue weighted by Gasteiger charge is 2.20. The summed E-state index contributed by atoms with van der Waals surface area (Å²) in [6, 6.07) is 6.14. The van der Waals surface area contributed by atoms with Crippen molar-refractivity contribution in [2.75, 3.05) is 11.9 Å². The minimum atomic E-state index is -0.157. The normalized spacial score (nSPS) is 16.6. The number of aryl methyl sites for hydroxylation is 2. The van der Waals surface area contributed by atoms with Gasteiger partial charge in [-0.1, -0.05) is 32.9 Å². The van der Waals surface area contributed by atoms with Crippen molar-refractivity contribution in [3.8, 4) is 5.75 Å². The molecule has 0 bridgehead atoms. The molecule has 1 aromatic carbocycles. The van der Waals surface area contributed by atoms with Crippen molar-refractivity contribution in [3.63, 3.8) is 0 Å². The maximum absolute atomic E-state index is 12.3. The van der Waals surface area contributed by atoms with Gasteiger partial charge in [-0.05, 0) is 55.2 Å². The van der Waals surface area contributed by atoms with Gasteiger partial charge in [0.15, 0.2) is 11.7 Å². The van der Waals surface area contributed by atoms with Gasteiger partial charge in [-0.2, -0.15) is 0 Å². The zero-order chi connectivity index (χ0) is 18.0. The van der Waals surface area contributed by atoms with Gasteiger partial charge in [0.05, 0.1) is 5.69 Å². The van der Waals surface area contributed by atoms with E-state index in [0.717, 1.165) is 35.4 Å². The predicted octanol–water partition coefficient (Wildman–Crippen LogP) is 4.72. The van der Waals surface area contributed by atoms with Crippen LogP contribution in [-0.4, -0.2) is 17.5 Å². The molecule has 1 N–H and O–H groups in total.